The van der Waals surface area contributed by atoms with E-state index in [0.29, 0.717) is 18.0 Å². The van der Waals surface area contributed by atoms with Crippen molar-refractivity contribution in [2.24, 2.45) is 0 Å². The molecule has 1 fully saturated rings. The molecule has 0 bridgehead atoms. The Labute approximate surface area is 180 Å². The van der Waals surface area contributed by atoms with E-state index in [2.05, 4.69) is 85.0 Å². The van der Waals surface area contributed by atoms with E-state index in [1.807, 2.05) is 13.8 Å². The van der Waals surface area contributed by atoms with Crippen LogP contribution >= 0.6 is 0 Å². The summed E-state index contributed by atoms with van der Waals surface area (Å²) in [4.78, 5) is 0. The Bertz CT molecular complexity index is 1040. The molecule has 3 aromatic rings. The minimum atomic E-state index is -0.428. The molecule has 30 heavy (non-hydrogen) atoms. The highest BCUT2D eigenvalue weighted by Gasteiger charge is 2.26. The topological polar surface area (TPSA) is 35.8 Å². The lowest BCUT2D eigenvalue weighted by atomic mass is 9.79. The summed E-state index contributed by atoms with van der Waals surface area (Å²) in [5.74, 6) is 0.593. The average Bonchev–Trinajstić information content (AvgIpc) is 2.79. The first-order chi connectivity index (χ1) is 14.5. The van der Waals surface area contributed by atoms with E-state index in [1.54, 1.807) is 0 Å². The molecule has 3 aromatic carbocycles. The number of hydrogen-bond acceptors (Lipinski definition) is 2. The summed E-state index contributed by atoms with van der Waals surface area (Å²) in [7, 11) is 0. The summed E-state index contributed by atoms with van der Waals surface area (Å²) in [5, 5.41) is 16.0. The second-order valence-electron chi connectivity index (χ2n) is 9.38. The van der Waals surface area contributed by atoms with Crippen molar-refractivity contribution in [3.63, 3.8) is 0 Å². The van der Waals surface area contributed by atoms with Gasteiger partial charge < -0.3 is 5.32 Å². The fourth-order valence-electron chi connectivity index (χ4n) is 4.95. The molecule has 1 saturated carbocycles. The predicted molar refractivity (Wildman–Crippen MR) is 126 cm³/mol. The maximum Gasteiger partial charge on any atom is 0.0766 e. The van der Waals surface area contributed by atoms with Crippen LogP contribution in [-0.4, -0.2) is 6.04 Å². The van der Waals surface area contributed by atoms with Gasteiger partial charge in [-0.1, -0.05) is 73.2 Å². The van der Waals surface area contributed by atoms with E-state index in [-0.39, 0.29) is 0 Å². The number of nitrogens with one attached hydrogen (secondary N) is 1. The van der Waals surface area contributed by atoms with Crippen molar-refractivity contribution in [2.75, 3.05) is 0 Å². The number of hydrogen-bond donors (Lipinski definition) is 1. The van der Waals surface area contributed by atoms with E-state index in [1.165, 1.54) is 47.6 Å². The number of benzene rings is 3. The van der Waals surface area contributed by atoms with Crippen LogP contribution in [0.4, 0.5) is 0 Å². The van der Waals surface area contributed by atoms with Gasteiger partial charge in [-0.25, -0.2) is 0 Å². The SMILES string of the molecule is C[C@@H](NC1CCC[C@H](c2ccc(C(C)(C)C#N)cc2)C1)c1cccc2ccccc12. The second-order valence-corrected chi connectivity index (χ2v) is 9.38. The van der Waals surface area contributed by atoms with Crippen molar-refractivity contribution < 1.29 is 0 Å². The second kappa shape index (κ2) is 8.62. The molecule has 0 saturated heterocycles. The Morgan fingerprint density at radius 1 is 0.967 bits per heavy atom. The molecule has 4 rings (SSSR count). The molecule has 3 atom stereocenters. The molecular weight excluding hydrogens is 364 g/mol. The Kier molecular flexibility index (Phi) is 5.93. The van der Waals surface area contributed by atoms with Gasteiger partial charge in [0, 0.05) is 12.1 Å². The van der Waals surface area contributed by atoms with E-state index in [9.17, 15) is 5.26 Å². The van der Waals surface area contributed by atoms with Crippen LogP contribution in [0, 0.1) is 11.3 Å². The number of rotatable bonds is 5. The van der Waals surface area contributed by atoms with Crippen LogP contribution in [0.2, 0.25) is 0 Å². The van der Waals surface area contributed by atoms with Crippen LogP contribution in [-0.2, 0) is 5.41 Å². The molecule has 1 N–H and O–H groups in total. The minimum Gasteiger partial charge on any atom is -0.307 e. The molecule has 0 aliphatic heterocycles. The molecule has 0 radical (unpaired) electrons. The monoisotopic (exact) mass is 396 g/mol. The van der Waals surface area contributed by atoms with E-state index in [4.69, 9.17) is 0 Å². The molecular formula is C28H32N2. The highest BCUT2D eigenvalue weighted by molar-refractivity contribution is 5.86. The normalized spacial score (nSPS) is 20.6. The van der Waals surface area contributed by atoms with Crippen molar-refractivity contribution in [1.82, 2.24) is 5.32 Å². The maximum atomic E-state index is 9.39. The molecule has 0 heterocycles. The van der Waals surface area contributed by atoms with Gasteiger partial charge in [0.2, 0.25) is 0 Å². The van der Waals surface area contributed by atoms with Gasteiger partial charge in [0.05, 0.1) is 11.5 Å². The molecule has 2 nitrogen and oxygen atoms in total. The Morgan fingerprint density at radius 3 is 2.47 bits per heavy atom. The molecule has 1 aliphatic carbocycles. The number of nitrogens with zero attached hydrogens (tertiary/aromatic N) is 1. The van der Waals surface area contributed by atoms with Crippen molar-refractivity contribution in [2.45, 2.75) is 69.9 Å². The van der Waals surface area contributed by atoms with E-state index < -0.39 is 5.41 Å². The highest BCUT2D eigenvalue weighted by Crippen LogP contribution is 2.35. The van der Waals surface area contributed by atoms with Crippen LogP contribution in [0.3, 0.4) is 0 Å². The molecule has 1 aliphatic rings. The zero-order valence-corrected chi connectivity index (χ0v) is 18.4. The van der Waals surface area contributed by atoms with Gasteiger partial charge in [-0.2, -0.15) is 5.26 Å². The Balaban J connectivity index is 1.46. The molecule has 154 valence electrons. The van der Waals surface area contributed by atoms with Gasteiger partial charge in [-0.15, -0.1) is 0 Å². The number of fused-ring (bicyclic) bond motifs is 1. The van der Waals surface area contributed by atoms with Crippen molar-refractivity contribution >= 4 is 10.8 Å². The first-order valence-electron chi connectivity index (χ1n) is 11.2. The van der Waals surface area contributed by atoms with Crippen molar-refractivity contribution in [3.05, 3.63) is 83.4 Å². The Hall–Kier alpha value is -2.63. The lowest BCUT2D eigenvalue weighted by Gasteiger charge is -2.33. The van der Waals surface area contributed by atoms with Crippen LogP contribution in [0.5, 0.6) is 0 Å². The Morgan fingerprint density at radius 2 is 1.70 bits per heavy atom. The van der Waals surface area contributed by atoms with Crippen LogP contribution in [0.1, 0.15) is 75.1 Å². The first kappa shape index (κ1) is 20.6. The van der Waals surface area contributed by atoms with Crippen LogP contribution in [0.25, 0.3) is 10.8 Å². The van der Waals surface area contributed by atoms with Gasteiger partial charge in [0.25, 0.3) is 0 Å². The summed E-state index contributed by atoms with van der Waals surface area (Å²) in [5.41, 5.74) is 3.47. The summed E-state index contributed by atoms with van der Waals surface area (Å²) < 4.78 is 0. The largest absolute Gasteiger partial charge is 0.307 e. The third-order valence-electron chi connectivity index (χ3n) is 6.83. The number of nitriles is 1. The quantitative estimate of drug-likeness (QED) is 0.503. The molecule has 2 heteroatoms. The van der Waals surface area contributed by atoms with Crippen molar-refractivity contribution in [3.8, 4) is 6.07 Å². The zero-order chi connectivity index (χ0) is 21.1. The average molecular weight is 397 g/mol. The summed E-state index contributed by atoms with van der Waals surface area (Å²) in [6.45, 7) is 6.26. The van der Waals surface area contributed by atoms with E-state index in [0.717, 1.165) is 5.56 Å². The van der Waals surface area contributed by atoms with Crippen LogP contribution in [0.15, 0.2) is 66.7 Å². The lowest BCUT2D eigenvalue weighted by molar-refractivity contribution is 0.319. The lowest BCUT2D eigenvalue weighted by Crippen LogP contribution is -2.35. The van der Waals surface area contributed by atoms with Gasteiger partial charge in [0.1, 0.15) is 0 Å². The van der Waals surface area contributed by atoms with Gasteiger partial charge in [-0.3, -0.25) is 0 Å². The van der Waals surface area contributed by atoms with Crippen LogP contribution < -0.4 is 5.32 Å². The molecule has 0 amide bonds. The van der Waals surface area contributed by atoms with Crippen molar-refractivity contribution in [1.29, 1.82) is 5.26 Å². The molecule has 0 spiro atoms. The fraction of sp³-hybridized carbons (Fsp3) is 0.393. The van der Waals surface area contributed by atoms with E-state index >= 15 is 0 Å². The predicted octanol–water partition coefficient (Wildman–Crippen LogP) is 7.02. The van der Waals surface area contributed by atoms with Gasteiger partial charge in [-0.05, 0) is 73.4 Å². The van der Waals surface area contributed by atoms with Gasteiger partial charge in [0.15, 0.2) is 0 Å². The molecule has 0 aromatic heterocycles. The summed E-state index contributed by atoms with van der Waals surface area (Å²) in [6.07, 6.45) is 4.93. The zero-order valence-electron chi connectivity index (χ0n) is 18.4. The minimum absolute atomic E-state index is 0.332. The van der Waals surface area contributed by atoms with Gasteiger partial charge >= 0.3 is 0 Å². The first-order valence-corrected chi connectivity index (χ1v) is 11.2. The third-order valence-corrected chi connectivity index (χ3v) is 6.83. The molecule has 1 unspecified atom stereocenters. The smallest absolute Gasteiger partial charge is 0.0766 e. The maximum absolute atomic E-state index is 9.39. The summed E-state index contributed by atoms with van der Waals surface area (Å²) >= 11 is 0. The highest BCUT2D eigenvalue weighted by atomic mass is 14.9. The fourth-order valence-corrected chi connectivity index (χ4v) is 4.95. The standard InChI is InChI=1S/C28H32N2/c1-20(26-13-7-9-22-8-4-5-12-27(22)26)30-25-11-6-10-23(18-25)21-14-16-24(17-15-21)28(2,3)19-29/h4-5,7-9,12-17,20,23,25,30H,6,10-11,18H2,1-3H3/t20-,23+,25?/m1/s1. The summed E-state index contributed by atoms with van der Waals surface area (Å²) in [6, 6.07) is 27.3. The third kappa shape index (κ3) is 4.27.